The van der Waals surface area contributed by atoms with Gasteiger partial charge in [0.1, 0.15) is 6.04 Å². The monoisotopic (exact) mass is 308 g/mol. The highest BCUT2D eigenvalue weighted by molar-refractivity contribution is 5.81. The molecule has 6 heteroatoms. The number of piperidine rings is 1. The topological polar surface area (TPSA) is 79.6 Å². The maximum Gasteiger partial charge on any atom is 0.410 e. The van der Waals surface area contributed by atoms with Crippen molar-refractivity contribution in [1.29, 1.82) is 5.26 Å². The molecule has 1 amide bonds. The SMILES string of the molecule is CCOC(=O)[C@H]1C[C@@H]2C[C@H](CC#N)CC[C@@H]2CN1C(=O)OC. The summed E-state index contributed by atoms with van der Waals surface area (Å²) in [4.78, 5) is 25.7. The number of carbonyl (C=O) groups excluding carboxylic acids is 2. The Balaban J connectivity index is 2.10. The highest BCUT2D eigenvalue weighted by Gasteiger charge is 2.44. The van der Waals surface area contributed by atoms with Gasteiger partial charge in [0.2, 0.25) is 0 Å². The molecule has 2 fully saturated rings. The molecule has 0 N–H and O–H groups in total. The van der Waals surface area contributed by atoms with E-state index < -0.39 is 12.1 Å². The normalized spacial score (nSPS) is 30.9. The summed E-state index contributed by atoms with van der Waals surface area (Å²) in [5.41, 5.74) is 0. The van der Waals surface area contributed by atoms with Crippen LogP contribution in [0.25, 0.3) is 0 Å². The second kappa shape index (κ2) is 7.48. The number of ether oxygens (including phenoxy) is 2. The highest BCUT2D eigenvalue weighted by atomic mass is 16.6. The van der Waals surface area contributed by atoms with Crippen LogP contribution in [0.5, 0.6) is 0 Å². The Hall–Kier alpha value is -1.77. The Bertz CT molecular complexity index is 460. The number of rotatable bonds is 3. The molecule has 0 spiro atoms. The van der Waals surface area contributed by atoms with Gasteiger partial charge in [-0.2, -0.15) is 5.26 Å². The second-order valence-electron chi connectivity index (χ2n) is 6.19. The van der Waals surface area contributed by atoms with E-state index in [0.29, 0.717) is 43.7 Å². The summed E-state index contributed by atoms with van der Waals surface area (Å²) in [6, 6.07) is 1.69. The fraction of sp³-hybridized carbons (Fsp3) is 0.812. The van der Waals surface area contributed by atoms with Gasteiger partial charge < -0.3 is 9.47 Å². The zero-order valence-electron chi connectivity index (χ0n) is 13.3. The minimum atomic E-state index is -0.561. The molecular weight excluding hydrogens is 284 g/mol. The number of likely N-dealkylation sites (tertiary alicyclic amines) is 1. The van der Waals surface area contributed by atoms with E-state index in [1.54, 1.807) is 6.92 Å². The molecular formula is C16H24N2O4. The number of nitriles is 1. The Morgan fingerprint density at radius 3 is 2.68 bits per heavy atom. The van der Waals surface area contributed by atoms with E-state index in [2.05, 4.69) is 6.07 Å². The first kappa shape index (κ1) is 16.6. The highest BCUT2D eigenvalue weighted by Crippen LogP contribution is 2.42. The molecule has 2 rings (SSSR count). The number of nitrogens with zero attached hydrogens (tertiary/aromatic N) is 2. The van der Waals surface area contributed by atoms with Crippen LogP contribution in [-0.4, -0.2) is 43.3 Å². The molecule has 4 atom stereocenters. The van der Waals surface area contributed by atoms with Crippen molar-refractivity contribution in [3.63, 3.8) is 0 Å². The van der Waals surface area contributed by atoms with Gasteiger partial charge in [-0.25, -0.2) is 9.59 Å². The van der Waals surface area contributed by atoms with Crippen molar-refractivity contribution in [1.82, 2.24) is 4.90 Å². The average Bonchev–Trinajstić information content (AvgIpc) is 2.53. The molecule has 1 saturated heterocycles. The van der Waals surface area contributed by atoms with Crippen molar-refractivity contribution in [3.8, 4) is 6.07 Å². The number of amides is 1. The van der Waals surface area contributed by atoms with Gasteiger partial charge >= 0.3 is 12.1 Å². The van der Waals surface area contributed by atoms with E-state index in [1.807, 2.05) is 0 Å². The van der Waals surface area contributed by atoms with E-state index in [0.717, 1.165) is 19.3 Å². The molecule has 0 aromatic rings. The molecule has 1 heterocycles. The Morgan fingerprint density at radius 2 is 2.05 bits per heavy atom. The lowest BCUT2D eigenvalue weighted by atomic mass is 9.68. The van der Waals surface area contributed by atoms with E-state index >= 15 is 0 Å². The van der Waals surface area contributed by atoms with E-state index in [9.17, 15) is 9.59 Å². The maximum absolute atomic E-state index is 12.2. The summed E-state index contributed by atoms with van der Waals surface area (Å²) < 4.78 is 9.94. The molecule has 2 aliphatic rings. The largest absolute Gasteiger partial charge is 0.464 e. The van der Waals surface area contributed by atoms with Gasteiger partial charge in [0.05, 0.1) is 19.8 Å². The van der Waals surface area contributed by atoms with Crippen molar-refractivity contribution < 1.29 is 19.1 Å². The van der Waals surface area contributed by atoms with Crippen LogP contribution in [0.4, 0.5) is 4.79 Å². The average molecular weight is 308 g/mol. The van der Waals surface area contributed by atoms with Crippen molar-refractivity contribution in [3.05, 3.63) is 0 Å². The van der Waals surface area contributed by atoms with Crippen molar-refractivity contribution >= 4 is 12.1 Å². The van der Waals surface area contributed by atoms with Crippen molar-refractivity contribution in [2.45, 2.75) is 45.1 Å². The van der Waals surface area contributed by atoms with Crippen molar-refractivity contribution in [2.24, 2.45) is 17.8 Å². The summed E-state index contributed by atoms with van der Waals surface area (Å²) in [6.45, 7) is 2.60. The van der Waals surface area contributed by atoms with E-state index in [-0.39, 0.29) is 5.97 Å². The Labute approximate surface area is 131 Å². The summed E-state index contributed by atoms with van der Waals surface area (Å²) in [5.74, 6) is 0.828. The number of hydrogen-bond acceptors (Lipinski definition) is 5. The van der Waals surface area contributed by atoms with Crippen LogP contribution >= 0.6 is 0 Å². The number of esters is 1. The predicted molar refractivity (Wildman–Crippen MR) is 78.7 cm³/mol. The lowest BCUT2D eigenvalue weighted by Gasteiger charge is -2.45. The fourth-order valence-electron chi connectivity index (χ4n) is 3.84. The summed E-state index contributed by atoms with van der Waals surface area (Å²) in [6.07, 6.45) is 3.71. The summed E-state index contributed by atoms with van der Waals surface area (Å²) in [5, 5.41) is 8.88. The molecule has 6 nitrogen and oxygen atoms in total. The predicted octanol–water partition coefficient (Wildman–Crippen LogP) is 2.34. The van der Waals surface area contributed by atoms with E-state index in [1.165, 1.54) is 12.0 Å². The molecule has 1 aliphatic carbocycles. The van der Waals surface area contributed by atoms with E-state index in [4.69, 9.17) is 14.7 Å². The maximum atomic E-state index is 12.2. The number of methoxy groups -OCH3 is 1. The zero-order valence-corrected chi connectivity index (χ0v) is 13.3. The Morgan fingerprint density at radius 1 is 1.27 bits per heavy atom. The molecule has 0 bridgehead atoms. The third-order valence-corrected chi connectivity index (χ3v) is 4.93. The van der Waals surface area contributed by atoms with Gasteiger partial charge in [0.15, 0.2) is 0 Å². The molecule has 1 saturated carbocycles. The molecule has 22 heavy (non-hydrogen) atoms. The van der Waals surface area contributed by atoms with Gasteiger partial charge in [-0.1, -0.05) is 0 Å². The lowest BCUT2D eigenvalue weighted by molar-refractivity contribution is -0.152. The van der Waals surface area contributed by atoms with Crippen LogP contribution < -0.4 is 0 Å². The number of fused-ring (bicyclic) bond motifs is 1. The van der Waals surface area contributed by atoms with Crippen LogP contribution in [0.15, 0.2) is 0 Å². The van der Waals surface area contributed by atoms with Gasteiger partial charge in [-0.05, 0) is 50.4 Å². The van der Waals surface area contributed by atoms with Crippen LogP contribution in [0.3, 0.4) is 0 Å². The molecule has 0 unspecified atom stereocenters. The van der Waals surface area contributed by atoms with Gasteiger partial charge in [0.25, 0.3) is 0 Å². The zero-order chi connectivity index (χ0) is 16.1. The number of carbonyl (C=O) groups is 2. The summed E-state index contributed by atoms with van der Waals surface area (Å²) >= 11 is 0. The third kappa shape index (κ3) is 3.52. The van der Waals surface area contributed by atoms with Gasteiger partial charge in [0, 0.05) is 13.0 Å². The first-order valence-electron chi connectivity index (χ1n) is 7.98. The second-order valence-corrected chi connectivity index (χ2v) is 6.19. The van der Waals surface area contributed by atoms with Crippen LogP contribution in [-0.2, 0) is 14.3 Å². The van der Waals surface area contributed by atoms with Crippen molar-refractivity contribution in [2.75, 3.05) is 20.3 Å². The lowest BCUT2D eigenvalue weighted by Crippen LogP contribution is -2.55. The molecule has 0 aromatic heterocycles. The first-order chi connectivity index (χ1) is 10.6. The molecule has 1 aliphatic heterocycles. The minimum Gasteiger partial charge on any atom is -0.464 e. The minimum absolute atomic E-state index is 0.301. The van der Waals surface area contributed by atoms with Crippen LogP contribution in [0, 0.1) is 29.1 Å². The smallest absolute Gasteiger partial charge is 0.410 e. The van der Waals surface area contributed by atoms with Gasteiger partial charge in [-0.3, -0.25) is 4.90 Å². The quantitative estimate of drug-likeness (QED) is 0.748. The number of hydrogen-bond donors (Lipinski definition) is 0. The standard InChI is InChI=1S/C16H24N2O4/c1-3-22-15(19)14-9-13-8-11(6-7-17)4-5-12(13)10-18(14)16(20)21-2/h11-14H,3-6,8-10H2,1-2H3/t11-,12+,13-,14+/m0/s1. The molecule has 0 aromatic carbocycles. The third-order valence-electron chi connectivity index (χ3n) is 4.93. The fourth-order valence-corrected chi connectivity index (χ4v) is 3.84. The molecule has 0 radical (unpaired) electrons. The first-order valence-corrected chi connectivity index (χ1v) is 7.98. The van der Waals surface area contributed by atoms with Gasteiger partial charge in [-0.15, -0.1) is 0 Å². The van der Waals surface area contributed by atoms with Crippen LogP contribution in [0.1, 0.15) is 39.0 Å². The molecule has 122 valence electrons. The Kier molecular flexibility index (Phi) is 5.64. The van der Waals surface area contributed by atoms with Crippen LogP contribution in [0.2, 0.25) is 0 Å². The summed E-state index contributed by atoms with van der Waals surface area (Å²) in [7, 11) is 1.33.